The molecule has 1 rings (SSSR count). The standard InChI is InChI=1S/C11H12ClF3N2OS/c1-18-5-4-16-10(19)17-7-2-3-9(12)8(6-7)11(13,14)15/h2-3,6H,4-5H2,1H3,(H2,16,17,19). The smallest absolute Gasteiger partial charge is 0.383 e. The van der Waals surface area contributed by atoms with Crippen molar-refractivity contribution in [3.8, 4) is 0 Å². The molecular weight excluding hydrogens is 301 g/mol. The Bertz CT molecular complexity index is 454. The highest BCUT2D eigenvalue weighted by Crippen LogP contribution is 2.36. The molecule has 0 aliphatic heterocycles. The number of halogens is 4. The summed E-state index contributed by atoms with van der Waals surface area (Å²) in [6.07, 6.45) is -4.50. The number of nitrogens with one attached hydrogen (secondary N) is 2. The van der Waals surface area contributed by atoms with E-state index in [1.165, 1.54) is 19.2 Å². The van der Waals surface area contributed by atoms with Crippen molar-refractivity contribution in [1.82, 2.24) is 5.32 Å². The van der Waals surface area contributed by atoms with Crippen LogP contribution in [0.5, 0.6) is 0 Å². The van der Waals surface area contributed by atoms with E-state index >= 15 is 0 Å². The summed E-state index contributed by atoms with van der Waals surface area (Å²) in [6.45, 7) is 0.901. The maximum Gasteiger partial charge on any atom is 0.417 e. The molecule has 0 aliphatic rings. The number of benzene rings is 1. The molecule has 0 unspecified atom stereocenters. The maximum atomic E-state index is 12.6. The van der Waals surface area contributed by atoms with Gasteiger partial charge in [0.2, 0.25) is 0 Å². The molecule has 3 nitrogen and oxygen atoms in total. The Labute approximate surface area is 119 Å². The van der Waals surface area contributed by atoms with Gasteiger partial charge in [0.15, 0.2) is 5.11 Å². The highest BCUT2D eigenvalue weighted by Gasteiger charge is 2.33. The number of anilines is 1. The number of methoxy groups -OCH3 is 1. The molecular formula is C11H12ClF3N2OS. The van der Waals surface area contributed by atoms with Crippen LogP contribution in [0, 0.1) is 0 Å². The minimum atomic E-state index is -4.50. The minimum absolute atomic E-state index is 0.214. The molecule has 0 amide bonds. The second-order valence-corrected chi connectivity index (χ2v) is 4.38. The normalized spacial score (nSPS) is 11.2. The zero-order valence-electron chi connectivity index (χ0n) is 9.97. The van der Waals surface area contributed by atoms with E-state index in [1.807, 2.05) is 0 Å². The molecule has 0 radical (unpaired) electrons. The number of rotatable bonds is 4. The third-order valence-electron chi connectivity index (χ3n) is 2.12. The molecule has 0 saturated heterocycles. The van der Waals surface area contributed by atoms with E-state index in [0.29, 0.717) is 13.2 Å². The molecule has 0 aliphatic carbocycles. The van der Waals surface area contributed by atoms with Gasteiger partial charge in [0.05, 0.1) is 17.2 Å². The first-order valence-corrected chi connectivity index (χ1v) is 6.03. The van der Waals surface area contributed by atoms with Crippen molar-refractivity contribution in [2.45, 2.75) is 6.18 Å². The van der Waals surface area contributed by atoms with Gasteiger partial charge in [0.25, 0.3) is 0 Å². The molecule has 1 aromatic carbocycles. The van der Waals surface area contributed by atoms with Crippen molar-refractivity contribution in [3.05, 3.63) is 28.8 Å². The average molecular weight is 313 g/mol. The van der Waals surface area contributed by atoms with Crippen LogP contribution in [0.2, 0.25) is 5.02 Å². The van der Waals surface area contributed by atoms with Crippen LogP contribution in [0.3, 0.4) is 0 Å². The zero-order chi connectivity index (χ0) is 14.5. The number of alkyl halides is 3. The van der Waals surface area contributed by atoms with Crippen LogP contribution in [0.25, 0.3) is 0 Å². The first-order valence-electron chi connectivity index (χ1n) is 5.25. The van der Waals surface area contributed by atoms with Crippen molar-refractivity contribution in [3.63, 3.8) is 0 Å². The van der Waals surface area contributed by atoms with Crippen LogP contribution < -0.4 is 10.6 Å². The summed E-state index contributed by atoms with van der Waals surface area (Å²) in [5.41, 5.74) is -0.689. The molecule has 0 aromatic heterocycles. The van der Waals surface area contributed by atoms with E-state index in [-0.39, 0.29) is 15.8 Å². The van der Waals surface area contributed by atoms with Crippen LogP contribution in [0.4, 0.5) is 18.9 Å². The van der Waals surface area contributed by atoms with Gasteiger partial charge in [-0.25, -0.2) is 0 Å². The predicted molar refractivity (Wildman–Crippen MR) is 72.6 cm³/mol. The van der Waals surface area contributed by atoms with E-state index < -0.39 is 11.7 Å². The molecule has 0 bridgehead atoms. The molecule has 19 heavy (non-hydrogen) atoms. The van der Waals surface area contributed by atoms with Crippen molar-refractivity contribution in [2.75, 3.05) is 25.6 Å². The molecule has 8 heteroatoms. The van der Waals surface area contributed by atoms with Gasteiger partial charge in [-0.1, -0.05) is 11.6 Å². The van der Waals surface area contributed by atoms with Gasteiger partial charge in [-0.2, -0.15) is 13.2 Å². The maximum absolute atomic E-state index is 12.6. The van der Waals surface area contributed by atoms with Crippen LogP contribution in [-0.2, 0) is 10.9 Å². The van der Waals surface area contributed by atoms with E-state index in [2.05, 4.69) is 10.6 Å². The lowest BCUT2D eigenvalue weighted by Crippen LogP contribution is -2.31. The predicted octanol–water partition coefficient (Wildman–Crippen LogP) is 3.29. The van der Waals surface area contributed by atoms with Gasteiger partial charge in [-0.05, 0) is 30.4 Å². The van der Waals surface area contributed by atoms with Gasteiger partial charge in [-0.3, -0.25) is 0 Å². The van der Waals surface area contributed by atoms with Crippen molar-refractivity contribution in [1.29, 1.82) is 0 Å². The zero-order valence-corrected chi connectivity index (χ0v) is 11.5. The number of thiocarbonyl (C=S) groups is 1. The second-order valence-electron chi connectivity index (χ2n) is 3.57. The summed E-state index contributed by atoms with van der Waals surface area (Å²) in [6, 6.07) is 3.50. The Hall–Kier alpha value is -1.05. The summed E-state index contributed by atoms with van der Waals surface area (Å²) < 4.78 is 42.7. The molecule has 0 saturated carbocycles. The quantitative estimate of drug-likeness (QED) is 0.660. The Morgan fingerprint density at radius 2 is 2.11 bits per heavy atom. The van der Waals surface area contributed by atoms with Gasteiger partial charge in [-0.15, -0.1) is 0 Å². The van der Waals surface area contributed by atoms with E-state index in [4.69, 9.17) is 28.6 Å². The molecule has 0 heterocycles. The van der Waals surface area contributed by atoms with Gasteiger partial charge in [0, 0.05) is 19.3 Å². The van der Waals surface area contributed by atoms with Gasteiger partial charge >= 0.3 is 6.18 Å². The van der Waals surface area contributed by atoms with Crippen LogP contribution in [-0.4, -0.2) is 25.4 Å². The van der Waals surface area contributed by atoms with Crippen LogP contribution in [0.1, 0.15) is 5.56 Å². The molecule has 2 N–H and O–H groups in total. The molecule has 1 aromatic rings. The van der Waals surface area contributed by atoms with E-state index in [0.717, 1.165) is 6.07 Å². The van der Waals surface area contributed by atoms with E-state index in [1.54, 1.807) is 0 Å². The number of ether oxygens (including phenoxy) is 1. The van der Waals surface area contributed by atoms with Crippen LogP contribution in [0.15, 0.2) is 18.2 Å². The fourth-order valence-corrected chi connectivity index (χ4v) is 1.71. The Balaban J connectivity index is 2.72. The average Bonchev–Trinajstić information content (AvgIpc) is 2.30. The lowest BCUT2D eigenvalue weighted by Gasteiger charge is -2.13. The summed E-state index contributed by atoms with van der Waals surface area (Å²) in [7, 11) is 1.53. The van der Waals surface area contributed by atoms with Crippen LogP contribution >= 0.6 is 23.8 Å². The summed E-state index contributed by atoms with van der Waals surface area (Å²) in [5, 5.41) is 5.30. The SMILES string of the molecule is COCCNC(=S)Nc1ccc(Cl)c(C(F)(F)F)c1. The Morgan fingerprint density at radius 3 is 2.68 bits per heavy atom. The fourth-order valence-electron chi connectivity index (χ4n) is 1.26. The lowest BCUT2D eigenvalue weighted by atomic mass is 10.2. The minimum Gasteiger partial charge on any atom is -0.383 e. The first-order chi connectivity index (χ1) is 8.84. The molecule has 0 fully saturated rings. The fraction of sp³-hybridized carbons (Fsp3) is 0.364. The number of hydrogen-bond acceptors (Lipinski definition) is 2. The van der Waals surface area contributed by atoms with E-state index in [9.17, 15) is 13.2 Å². The largest absolute Gasteiger partial charge is 0.417 e. The van der Waals surface area contributed by atoms with Gasteiger partial charge in [0.1, 0.15) is 0 Å². The summed E-state index contributed by atoms with van der Waals surface area (Å²) >= 11 is 10.4. The summed E-state index contributed by atoms with van der Waals surface area (Å²) in [4.78, 5) is 0. The topological polar surface area (TPSA) is 33.3 Å². The highest BCUT2D eigenvalue weighted by atomic mass is 35.5. The van der Waals surface area contributed by atoms with Crippen molar-refractivity contribution >= 4 is 34.6 Å². The number of hydrogen-bond donors (Lipinski definition) is 2. The third-order valence-corrected chi connectivity index (χ3v) is 2.70. The van der Waals surface area contributed by atoms with Gasteiger partial charge < -0.3 is 15.4 Å². The molecule has 0 atom stereocenters. The highest BCUT2D eigenvalue weighted by molar-refractivity contribution is 7.80. The summed E-state index contributed by atoms with van der Waals surface area (Å²) in [5.74, 6) is 0. The Morgan fingerprint density at radius 1 is 1.42 bits per heavy atom. The molecule has 106 valence electrons. The first kappa shape index (κ1) is 16.0. The van der Waals surface area contributed by atoms with Crippen molar-refractivity contribution in [2.24, 2.45) is 0 Å². The lowest BCUT2D eigenvalue weighted by molar-refractivity contribution is -0.137. The third kappa shape index (κ3) is 5.22. The van der Waals surface area contributed by atoms with Crippen molar-refractivity contribution < 1.29 is 17.9 Å². The second kappa shape index (κ2) is 6.93. The monoisotopic (exact) mass is 312 g/mol. The Kier molecular flexibility index (Phi) is 5.84. The molecule has 0 spiro atoms.